The van der Waals surface area contributed by atoms with E-state index in [0.717, 1.165) is 49.6 Å². The first-order valence-corrected chi connectivity index (χ1v) is 10.0. The maximum atomic E-state index is 12.6. The average Bonchev–Trinajstić information content (AvgIpc) is 3.06. The van der Waals surface area contributed by atoms with Crippen LogP contribution in [-0.4, -0.2) is 66.6 Å². The van der Waals surface area contributed by atoms with E-state index in [1.54, 1.807) is 24.3 Å². The van der Waals surface area contributed by atoms with E-state index < -0.39 is 5.97 Å². The number of H-pyrrole nitrogens is 1. The molecule has 1 aliphatic rings. The summed E-state index contributed by atoms with van der Waals surface area (Å²) in [5, 5.41) is 2.84. The normalized spacial score (nSPS) is 15.0. The van der Waals surface area contributed by atoms with Gasteiger partial charge in [0.2, 0.25) is 11.9 Å². The second-order valence-corrected chi connectivity index (χ2v) is 7.28. The number of aromatic amines is 1. The summed E-state index contributed by atoms with van der Waals surface area (Å²) >= 11 is 0. The molecule has 0 radical (unpaired) electrons. The largest absolute Gasteiger partial charge is 0.465 e. The number of methoxy groups -OCH3 is 1. The Morgan fingerprint density at radius 2 is 1.87 bits per heavy atom. The second kappa shape index (κ2) is 8.96. The van der Waals surface area contributed by atoms with Crippen molar-refractivity contribution in [2.24, 2.45) is 0 Å². The van der Waals surface area contributed by atoms with E-state index in [2.05, 4.69) is 25.1 Å². The van der Waals surface area contributed by atoms with E-state index in [-0.39, 0.29) is 12.5 Å². The van der Waals surface area contributed by atoms with Gasteiger partial charge >= 0.3 is 5.97 Å². The van der Waals surface area contributed by atoms with Crippen LogP contribution in [-0.2, 0) is 9.53 Å². The molecule has 30 heavy (non-hydrogen) atoms. The molecule has 4 rings (SSSR count). The number of nitrogens with zero attached hydrogens (tertiary/aromatic N) is 3. The fraction of sp³-hybridized carbons (Fsp3) is 0.318. The number of hydrogen-bond donors (Lipinski definition) is 2. The van der Waals surface area contributed by atoms with Gasteiger partial charge in [0, 0.05) is 26.2 Å². The molecule has 0 atom stereocenters. The molecule has 0 spiro atoms. The maximum Gasteiger partial charge on any atom is 0.339 e. The molecule has 0 bridgehead atoms. The van der Waals surface area contributed by atoms with Crippen LogP contribution in [0.4, 0.5) is 11.6 Å². The predicted octanol–water partition coefficient (Wildman–Crippen LogP) is 2.50. The third kappa shape index (κ3) is 4.44. The Morgan fingerprint density at radius 1 is 1.07 bits per heavy atom. The third-order valence-electron chi connectivity index (χ3n) is 5.24. The first-order chi connectivity index (χ1) is 14.6. The van der Waals surface area contributed by atoms with Gasteiger partial charge in [-0.2, -0.15) is 0 Å². The number of imidazole rings is 1. The zero-order valence-corrected chi connectivity index (χ0v) is 16.9. The van der Waals surface area contributed by atoms with Crippen molar-refractivity contribution >= 4 is 34.5 Å². The zero-order chi connectivity index (χ0) is 20.9. The molecular formula is C22H25N5O3. The molecule has 1 aromatic heterocycles. The smallest absolute Gasteiger partial charge is 0.339 e. The van der Waals surface area contributed by atoms with Crippen LogP contribution in [0.5, 0.6) is 0 Å². The number of carbonyl (C=O) groups excluding carboxylic acids is 2. The Kier molecular flexibility index (Phi) is 5.94. The van der Waals surface area contributed by atoms with Crippen LogP contribution in [0.25, 0.3) is 11.0 Å². The zero-order valence-electron chi connectivity index (χ0n) is 16.9. The number of para-hydroxylation sites is 3. The quantitative estimate of drug-likeness (QED) is 0.632. The van der Waals surface area contributed by atoms with Crippen molar-refractivity contribution in [3.8, 4) is 0 Å². The van der Waals surface area contributed by atoms with Crippen LogP contribution in [0.2, 0.25) is 0 Å². The molecule has 2 heterocycles. The van der Waals surface area contributed by atoms with E-state index in [1.807, 2.05) is 24.3 Å². The van der Waals surface area contributed by atoms with Gasteiger partial charge in [-0.1, -0.05) is 24.3 Å². The van der Waals surface area contributed by atoms with Crippen LogP contribution in [0.15, 0.2) is 48.5 Å². The van der Waals surface area contributed by atoms with Crippen molar-refractivity contribution in [2.45, 2.75) is 6.42 Å². The number of nitrogens with one attached hydrogen (secondary N) is 2. The molecule has 8 nitrogen and oxygen atoms in total. The highest BCUT2D eigenvalue weighted by Crippen LogP contribution is 2.19. The van der Waals surface area contributed by atoms with Crippen molar-refractivity contribution in [1.29, 1.82) is 0 Å². The fourth-order valence-electron chi connectivity index (χ4n) is 3.70. The topological polar surface area (TPSA) is 90.6 Å². The molecule has 1 fully saturated rings. The number of fused-ring (bicyclic) bond motifs is 1. The predicted molar refractivity (Wildman–Crippen MR) is 116 cm³/mol. The van der Waals surface area contributed by atoms with Crippen LogP contribution >= 0.6 is 0 Å². The first kappa shape index (κ1) is 19.9. The lowest BCUT2D eigenvalue weighted by Crippen LogP contribution is -2.36. The van der Waals surface area contributed by atoms with Crippen LogP contribution in [0.1, 0.15) is 16.8 Å². The van der Waals surface area contributed by atoms with Crippen molar-refractivity contribution in [3.05, 3.63) is 54.1 Å². The highest BCUT2D eigenvalue weighted by Gasteiger charge is 2.20. The Hall–Kier alpha value is -3.39. The first-order valence-electron chi connectivity index (χ1n) is 10.0. The Bertz CT molecular complexity index is 1010. The van der Waals surface area contributed by atoms with Gasteiger partial charge < -0.3 is 19.9 Å². The van der Waals surface area contributed by atoms with Crippen LogP contribution < -0.4 is 10.2 Å². The lowest BCUT2D eigenvalue weighted by molar-refractivity contribution is -0.117. The number of rotatable bonds is 5. The van der Waals surface area contributed by atoms with E-state index in [0.29, 0.717) is 11.3 Å². The van der Waals surface area contributed by atoms with Crippen LogP contribution in [0.3, 0.4) is 0 Å². The average molecular weight is 407 g/mol. The number of benzene rings is 2. The van der Waals surface area contributed by atoms with E-state index in [1.165, 1.54) is 7.11 Å². The van der Waals surface area contributed by atoms with Crippen molar-refractivity contribution in [2.75, 3.05) is 50.1 Å². The van der Waals surface area contributed by atoms with Gasteiger partial charge in [0.15, 0.2) is 0 Å². The molecule has 2 N–H and O–H groups in total. The summed E-state index contributed by atoms with van der Waals surface area (Å²) in [5.41, 5.74) is 2.79. The van der Waals surface area contributed by atoms with Crippen molar-refractivity contribution in [3.63, 3.8) is 0 Å². The summed E-state index contributed by atoms with van der Waals surface area (Å²) in [6.07, 6.45) is 0.934. The second-order valence-electron chi connectivity index (χ2n) is 7.28. The maximum absolute atomic E-state index is 12.6. The monoisotopic (exact) mass is 407 g/mol. The molecule has 0 aliphatic carbocycles. The highest BCUT2D eigenvalue weighted by molar-refractivity contribution is 6.01. The molecule has 1 aliphatic heterocycles. The van der Waals surface area contributed by atoms with Crippen molar-refractivity contribution in [1.82, 2.24) is 14.9 Å². The van der Waals surface area contributed by atoms with Crippen molar-refractivity contribution < 1.29 is 14.3 Å². The minimum atomic E-state index is -0.470. The van der Waals surface area contributed by atoms with Gasteiger partial charge in [0.1, 0.15) is 0 Å². The minimum Gasteiger partial charge on any atom is -0.465 e. The highest BCUT2D eigenvalue weighted by atomic mass is 16.5. The van der Waals surface area contributed by atoms with Gasteiger partial charge in [0.25, 0.3) is 0 Å². The lowest BCUT2D eigenvalue weighted by Gasteiger charge is -2.21. The Labute approximate surface area is 174 Å². The fourth-order valence-corrected chi connectivity index (χ4v) is 3.70. The van der Waals surface area contributed by atoms with Gasteiger partial charge in [-0.3, -0.25) is 9.69 Å². The van der Waals surface area contributed by atoms with Gasteiger partial charge in [0.05, 0.1) is 35.9 Å². The number of hydrogen-bond acceptors (Lipinski definition) is 6. The molecule has 156 valence electrons. The van der Waals surface area contributed by atoms with Crippen LogP contribution in [0, 0.1) is 0 Å². The SMILES string of the molecule is COC(=O)c1ccccc1NC(=O)CN1CCCN(c2nc3ccccc3[nH]2)CC1. The number of ether oxygens (including phenoxy) is 1. The summed E-state index contributed by atoms with van der Waals surface area (Å²) in [6.45, 7) is 3.50. The molecule has 3 aromatic rings. The standard InChI is InChI=1S/C22H25N5O3/c1-30-21(29)16-7-2-3-8-17(16)23-20(28)15-26-11-6-12-27(14-13-26)22-24-18-9-4-5-10-19(18)25-22/h2-5,7-10H,6,11-15H2,1H3,(H,23,28)(H,24,25). The number of amides is 1. The summed E-state index contributed by atoms with van der Waals surface area (Å²) in [4.78, 5) is 36.9. The summed E-state index contributed by atoms with van der Waals surface area (Å²) < 4.78 is 4.79. The molecule has 2 aromatic carbocycles. The van der Waals surface area contributed by atoms with Gasteiger partial charge in [-0.25, -0.2) is 9.78 Å². The molecule has 0 unspecified atom stereocenters. The summed E-state index contributed by atoms with van der Waals surface area (Å²) in [7, 11) is 1.33. The number of anilines is 2. The van der Waals surface area contributed by atoms with E-state index in [9.17, 15) is 9.59 Å². The molecule has 1 saturated heterocycles. The van der Waals surface area contributed by atoms with E-state index in [4.69, 9.17) is 4.74 Å². The summed E-state index contributed by atoms with van der Waals surface area (Å²) in [6, 6.07) is 14.8. The number of carbonyl (C=O) groups is 2. The molecular weight excluding hydrogens is 382 g/mol. The Morgan fingerprint density at radius 3 is 2.70 bits per heavy atom. The summed E-state index contributed by atoms with van der Waals surface area (Å²) in [5.74, 6) is 0.250. The third-order valence-corrected chi connectivity index (χ3v) is 5.24. The van der Waals surface area contributed by atoms with Gasteiger partial charge in [-0.15, -0.1) is 0 Å². The van der Waals surface area contributed by atoms with Gasteiger partial charge in [-0.05, 0) is 30.7 Å². The molecule has 1 amide bonds. The molecule has 0 saturated carbocycles. The van der Waals surface area contributed by atoms with E-state index >= 15 is 0 Å². The Balaban J connectivity index is 1.36. The number of aromatic nitrogens is 2. The lowest BCUT2D eigenvalue weighted by atomic mass is 10.2. The molecule has 8 heteroatoms. The number of esters is 1. The minimum absolute atomic E-state index is 0.149.